The molecule has 0 spiro atoms. The summed E-state index contributed by atoms with van der Waals surface area (Å²) >= 11 is 0. The number of ether oxygens (including phenoxy) is 1. The summed E-state index contributed by atoms with van der Waals surface area (Å²) in [4.78, 5) is 3.32. The number of fused-ring (bicyclic) bond motifs is 1. The molecule has 146 valence electrons. The first-order chi connectivity index (χ1) is 13.2. The number of aromatic amines is 1. The van der Waals surface area contributed by atoms with E-state index in [-0.39, 0.29) is 5.82 Å². The van der Waals surface area contributed by atoms with Gasteiger partial charge in [-0.3, -0.25) is 0 Å². The molecule has 3 aromatic rings. The SMILES string of the molecule is COc1ccc(F)cc1Cc1ccc(B2OC(C)(C)C(C)(C)O2)c2cc[nH]c12. The molecule has 0 radical (unpaired) electrons. The van der Waals surface area contributed by atoms with Gasteiger partial charge in [-0.15, -0.1) is 0 Å². The zero-order chi connectivity index (χ0) is 20.1. The molecule has 2 aromatic carbocycles. The van der Waals surface area contributed by atoms with Crippen molar-refractivity contribution in [1.29, 1.82) is 0 Å². The number of methoxy groups -OCH3 is 1. The van der Waals surface area contributed by atoms with Crippen LogP contribution in [-0.4, -0.2) is 30.4 Å². The lowest BCUT2D eigenvalue weighted by atomic mass is 9.76. The van der Waals surface area contributed by atoms with Gasteiger partial charge in [-0.2, -0.15) is 0 Å². The van der Waals surface area contributed by atoms with Gasteiger partial charge in [-0.1, -0.05) is 12.1 Å². The third-order valence-corrected chi connectivity index (χ3v) is 5.97. The van der Waals surface area contributed by atoms with Crippen LogP contribution in [0.25, 0.3) is 10.9 Å². The van der Waals surface area contributed by atoms with Crippen LogP contribution >= 0.6 is 0 Å². The van der Waals surface area contributed by atoms with Crippen LogP contribution in [0.3, 0.4) is 0 Å². The van der Waals surface area contributed by atoms with Crippen LogP contribution in [-0.2, 0) is 15.7 Å². The fourth-order valence-electron chi connectivity index (χ4n) is 3.65. The summed E-state index contributed by atoms with van der Waals surface area (Å²) in [5.74, 6) is 0.406. The van der Waals surface area contributed by atoms with Gasteiger partial charge in [-0.25, -0.2) is 4.39 Å². The van der Waals surface area contributed by atoms with Crippen LogP contribution in [0.15, 0.2) is 42.6 Å². The Morgan fingerprint density at radius 2 is 1.71 bits per heavy atom. The van der Waals surface area contributed by atoms with E-state index in [0.717, 1.165) is 27.5 Å². The van der Waals surface area contributed by atoms with Crippen molar-refractivity contribution in [3.63, 3.8) is 0 Å². The highest BCUT2D eigenvalue weighted by molar-refractivity contribution is 6.65. The molecule has 0 bridgehead atoms. The molecule has 0 atom stereocenters. The summed E-state index contributed by atoms with van der Waals surface area (Å²) in [6.45, 7) is 8.19. The molecule has 6 heteroatoms. The zero-order valence-corrected chi connectivity index (χ0v) is 16.9. The molecule has 1 aliphatic heterocycles. The Kier molecular flexibility index (Phi) is 4.51. The molecule has 0 amide bonds. The third kappa shape index (κ3) is 3.10. The Morgan fingerprint density at radius 1 is 1.00 bits per heavy atom. The highest BCUT2D eigenvalue weighted by Crippen LogP contribution is 2.37. The fourth-order valence-corrected chi connectivity index (χ4v) is 3.65. The van der Waals surface area contributed by atoms with Gasteiger partial charge >= 0.3 is 7.12 Å². The van der Waals surface area contributed by atoms with Crippen LogP contribution in [0.5, 0.6) is 5.75 Å². The van der Waals surface area contributed by atoms with E-state index in [1.807, 2.05) is 52.1 Å². The highest BCUT2D eigenvalue weighted by atomic mass is 19.1. The van der Waals surface area contributed by atoms with Gasteiger partial charge in [0.2, 0.25) is 0 Å². The maximum absolute atomic E-state index is 13.8. The summed E-state index contributed by atoms with van der Waals surface area (Å²) in [6.07, 6.45) is 2.47. The molecule has 1 fully saturated rings. The molecule has 1 N–H and O–H groups in total. The number of hydrogen-bond donors (Lipinski definition) is 1. The molecular formula is C22H25BFNO3. The minimum absolute atomic E-state index is 0.271. The predicted octanol–water partition coefficient (Wildman–Crippen LogP) is 4.21. The maximum Gasteiger partial charge on any atom is 0.495 e. The smallest absolute Gasteiger partial charge is 0.495 e. The van der Waals surface area contributed by atoms with Crippen molar-refractivity contribution in [2.75, 3.05) is 7.11 Å². The monoisotopic (exact) mass is 381 g/mol. The summed E-state index contributed by atoms with van der Waals surface area (Å²) in [7, 11) is 1.17. The summed E-state index contributed by atoms with van der Waals surface area (Å²) in [5.41, 5.74) is 3.07. The molecule has 0 saturated carbocycles. The van der Waals surface area contributed by atoms with Gasteiger partial charge in [0.25, 0.3) is 0 Å². The van der Waals surface area contributed by atoms with Crippen molar-refractivity contribution < 1.29 is 18.4 Å². The standard InChI is InChI=1S/C22H25BFNO3/c1-21(2)22(3,4)28-23(27-21)18-8-6-14(20-17(18)10-11-25-20)12-15-13-16(24)7-9-19(15)26-5/h6-11,13,25H,12H2,1-5H3. The molecule has 0 aliphatic carbocycles. The number of rotatable bonds is 4. The molecule has 1 saturated heterocycles. The average molecular weight is 381 g/mol. The summed E-state index contributed by atoms with van der Waals surface area (Å²) in [6, 6.07) is 10.7. The third-order valence-electron chi connectivity index (χ3n) is 5.97. The summed E-state index contributed by atoms with van der Waals surface area (Å²) < 4.78 is 31.6. The molecule has 28 heavy (non-hydrogen) atoms. The first kappa shape index (κ1) is 19.0. The van der Waals surface area contributed by atoms with Crippen LogP contribution in [0.2, 0.25) is 0 Å². The largest absolute Gasteiger partial charge is 0.496 e. The minimum Gasteiger partial charge on any atom is -0.496 e. The van der Waals surface area contributed by atoms with E-state index in [1.54, 1.807) is 13.2 Å². The molecular weight excluding hydrogens is 356 g/mol. The first-order valence-electron chi connectivity index (χ1n) is 9.49. The van der Waals surface area contributed by atoms with E-state index in [0.29, 0.717) is 12.2 Å². The quantitative estimate of drug-likeness (QED) is 0.689. The van der Waals surface area contributed by atoms with Crippen molar-refractivity contribution >= 4 is 23.5 Å². The van der Waals surface area contributed by atoms with Crippen molar-refractivity contribution in [2.45, 2.75) is 45.3 Å². The van der Waals surface area contributed by atoms with Gasteiger partial charge < -0.3 is 19.0 Å². The molecule has 4 nitrogen and oxygen atoms in total. The van der Waals surface area contributed by atoms with Crippen molar-refractivity contribution in [1.82, 2.24) is 4.98 Å². The van der Waals surface area contributed by atoms with Crippen LogP contribution in [0.4, 0.5) is 4.39 Å². The normalized spacial score (nSPS) is 18.0. The van der Waals surface area contributed by atoms with E-state index in [1.165, 1.54) is 12.1 Å². The highest BCUT2D eigenvalue weighted by Gasteiger charge is 2.52. The van der Waals surface area contributed by atoms with E-state index in [4.69, 9.17) is 14.0 Å². The number of benzene rings is 2. The second-order valence-electron chi connectivity index (χ2n) is 8.30. The number of H-pyrrole nitrogens is 1. The zero-order valence-electron chi connectivity index (χ0n) is 16.9. The minimum atomic E-state index is -0.430. The molecule has 1 aromatic heterocycles. The second kappa shape index (κ2) is 6.64. The second-order valence-corrected chi connectivity index (χ2v) is 8.30. The Labute approximate surface area is 165 Å². The summed E-state index contributed by atoms with van der Waals surface area (Å²) in [5, 5.41) is 1.05. The number of nitrogens with one attached hydrogen (secondary N) is 1. The lowest BCUT2D eigenvalue weighted by Gasteiger charge is -2.32. The van der Waals surface area contributed by atoms with E-state index in [2.05, 4.69) is 4.98 Å². The topological polar surface area (TPSA) is 43.5 Å². The van der Waals surface area contributed by atoms with Crippen LogP contribution in [0.1, 0.15) is 38.8 Å². The van der Waals surface area contributed by atoms with Crippen molar-refractivity contribution in [3.8, 4) is 5.75 Å². The number of halogens is 1. The molecule has 0 unspecified atom stereocenters. The lowest BCUT2D eigenvalue weighted by molar-refractivity contribution is 0.00578. The molecule has 2 heterocycles. The Morgan fingerprint density at radius 3 is 2.39 bits per heavy atom. The maximum atomic E-state index is 13.8. The van der Waals surface area contributed by atoms with E-state index in [9.17, 15) is 4.39 Å². The Hall–Kier alpha value is -2.31. The number of hydrogen-bond acceptors (Lipinski definition) is 3. The van der Waals surface area contributed by atoms with Gasteiger partial charge in [0.1, 0.15) is 11.6 Å². The van der Waals surface area contributed by atoms with E-state index >= 15 is 0 Å². The predicted molar refractivity (Wildman–Crippen MR) is 110 cm³/mol. The number of aromatic nitrogens is 1. The van der Waals surface area contributed by atoms with Crippen LogP contribution in [0, 0.1) is 5.82 Å². The fraction of sp³-hybridized carbons (Fsp3) is 0.364. The van der Waals surface area contributed by atoms with Gasteiger partial charge in [0.15, 0.2) is 0 Å². The Balaban J connectivity index is 1.72. The lowest BCUT2D eigenvalue weighted by Crippen LogP contribution is -2.41. The van der Waals surface area contributed by atoms with Gasteiger partial charge in [0, 0.05) is 23.7 Å². The van der Waals surface area contributed by atoms with Gasteiger partial charge in [-0.05, 0) is 68.4 Å². The molecule has 1 aliphatic rings. The first-order valence-corrected chi connectivity index (χ1v) is 9.49. The molecule has 4 rings (SSSR count). The van der Waals surface area contributed by atoms with Crippen LogP contribution < -0.4 is 10.2 Å². The van der Waals surface area contributed by atoms with E-state index < -0.39 is 18.3 Å². The average Bonchev–Trinajstić information content (AvgIpc) is 3.18. The van der Waals surface area contributed by atoms with Crippen molar-refractivity contribution in [3.05, 3.63) is 59.5 Å². The van der Waals surface area contributed by atoms with Gasteiger partial charge in [0.05, 0.1) is 18.3 Å². The van der Waals surface area contributed by atoms with Crippen molar-refractivity contribution in [2.24, 2.45) is 0 Å². The Bertz CT molecular complexity index is 1010.